The Morgan fingerprint density at radius 1 is 1.00 bits per heavy atom. The molecule has 2 aliphatic rings. The third-order valence-electron chi connectivity index (χ3n) is 5.23. The number of carbonyl (C=O) groups excluding carboxylic acids is 1. The van der Waals surface area contributed by atoms with Gasteiger partial charge in [0, 0.05) is 23.6 Å². The Balaban J connectivity index is 1.41. The standard InChI is InChI=1S/C20H24N4O/c1-22-12-14-23(15-13-22)18-8-6-17(7-9-18)21-20(25)24-11-10-16-4-2-3-5-19(16)24/h2-9H,10-15H2,1H3,(H,21,25)/p+1. The summed E-state index contributed by atoms with van der Waals surface area (Å²) in [6.45, 7) is 5.26. The lowest BCUT2D eigenvalue weighted by molar-refractivity contribution is -0.880. The molecule has 0 atom stereocenters. The molecular formula is C20H25N4O+. The first-order valence-electron chi connectivity index (χ1n) is 9.03. The molecule has 1 saturated heterocycles. The van der Waals surface area contributed by atoms with Crippen LogP contribution in [0.2, 0.25) is 0 Å². The van der Waals surface area contributed by atoms with Gasteiger partial charge in [0.15, 0.2) is 0 Å². The molecule has 2 N–H and O–H groups in total. The van der Waals surface area contributed by atoms with Crippen LogP contribution in [0.15, 0.2) is 48.5 Å². The summed E-state index contributed by atoms with van der Waals surface area (Å²) in [6, 6.07) is 16.3. The number of benzene rings is 2. The highest BCUT2D eigenvalue weighted by Gasteiger charge is 2.24. The molecule has 0 saturated carbocycles. The van der Waals surface area contributed by atoms with E-state index < -0.39 is 0 Å². The van der Waals surface area contributed by atoms with Crippen LogP contribution in [-0.2, 0) is 6.42 Å². The molecule has 0 spiro atoms. The number of urea groups is 1. The van der Waals surface area contributed by atoms with Gasteiger partial charge in [-0.15, -0.1) is 0 Å². The topological polar surface area (TPSA) is 40.0 Å². The zero-order valence-corrected chi connectivity index (χ0v) is 14.7. The summed E-state index contributed by atoms with van der Waals surface area (Å²) in [5, 5.41) is 3.03. The largest absolute Gasteiger partial charge is 0.360 e. The summed E-state index contributed by atoms with van der Waals surface area (Å²) < 4.78 is 0. The van der Waals surface area contributed by atoms with E-state index >= 15 is 0 Å². The number of fused-ring (bicyclic) bond motifs is 1. The van der Waals surface area contributed by atoms with Gasteiger partial charge in [-0.05, 0) is 42.3 Å². The number of nitrogens with one attached hydrogen (secondary N) is 2. The number of hydrogen-bond acceptors (Lipinski definition) is 2. The molecule has 2 amide bonds. The molecule has 25 heavy (non-hydrogen) atoms. The van der Waals surface area contributed by atoms with Crippen molar-refractivity contribution in [1.29, 1.82) is 0 Å². The van der Waals surface area contributed by atoms with Crippen LogP contribution >= 0.6 is 0 Å². The second-order valence-electron chi connectivity index (χ2n) is 6.95. The van der Waals surface area contributed by atoms with Crippen molar-refractivity contribution in [1.82, 2.24) is 0 Å². The van der Waals surface area contributed by atoms with Crippen LogP contribution in [0.5, 0.6) is 0 Å². The van der Waals surface area contributed by atoms with E-state index in [2.05, 4.69) is 35.5 Å². The Morgan fingerprint density at radius 3 is 2.48 bits per heavy atom. The van der Waals surface area contributed by atoms with Gasteiger partial charge in [0.1, 0.15) is 0 Å². The van der Waals surface area contributed by atoms with E-state index in [1.807, 2.05) is 35.2 Å². The van der Waals surface area contributed by atoms with Gasteiger partial charge >= 0.3 is 6.03 Å². The minimum Gasteiger partial charge on any atom is -0.360 e. The van der Waals surface area contributed by atoms with Gasteiger partial charge in [-0.2, -0.15) is 0 Å². The minimum absolute atomic E-state index is 0.0547. The van der Waals surface area contributed by atoms with Gasteiger partial charge in [-0.3, -0.25) is 4.90 Å². The zero-order valence-electron chi connectivity index (χ0n) is 14.7. The van der Waals surface area contributed by atoms with Gasteiger partial charge in [0.25, 0.3) is 0 Å². The van der Waals surface area contributed by atoms with Crippen LogP contribution in [0.4, 0.5) is 21.9 Å². The number of hydrogen-bond donors (Lipinski definition) is 2. The molecule has 0 bridgehead atoms. The van der Waals surface area contributed by atoms with Gasteiger partial charge in [0.05, 0.1) is 33.2 Å². The fourth-order valence-electron chi connectivity index (χ4n) is 3.64. The van der Waals surface area contributed by atoms with Crippen LogP contribution in [-0.4, -0.2) is 45.8 Å². The second kappa shape index (κ2) is 6.76. The van der Waals surface area contributed by atoms with Crippen molar-refractivity contribution in [2.24, 2.45) is 0 Å². The van der Waals surface area contributed by atoms with Crippen molar-refractivity contribution in [3.05, 3.63) is 54.1 Å². The molecule has 2 aliphatic heterocycles. The SMILES string of the molecule is C[NH+]1CCN(c2ccc(NC(=O)N3CCc4ccccc43)cc2)CC1. The van der Waals surface area contributed by atoms with Crippen molar-refractivity contribution in [2.45, 2.75) is 6.42 Å². The van der Waals surface area contributed by atoms with E-state index in [9.17, 15) is 4.79 Å². The first-order chi connectivity index (χ1) is 12.2. The van der Waals surface area contributed by atoms with E-state index in [1.165, 1.54) is 24.3 Å². The quantitative estimate of drug-likeness (QED) is 0.874. The first-order valence-corrected chi connectivity index (χ1v) is 9.03. The third kappa shape index (κ3) is 3.33. The highest BCUT2D eigenvalue weighted by molar-refractivity contribution is 6.03. The summed E-state index contributed by atoms with van der Waals surface area (Å²) in [6.07, 6.45) is 0.925. The summed E-state index contributed by atoms with van der Waals surface area (Å²) in [7, 11) is 2.24. The number of para-hydroxylation sites is 1. The summed E-state index contributed by atoms with van der Waals surface area (Å²) in [4.78, 5) is 18.4. The Bertz CT molecular complexity index is 751. The fraction of sp³-hybridized carbons (Fsp3) is 0.350. The number of quaternary nitrogens is 1. The van der Waals surface area contributed by atoms with Gasteiger partial charge in [-0.25, -0.2) is 4.79 Å². The number of amides is 2. The minimum atomic E-state index is -0.0547. The normalized spacial score (nSPS) is 17.5. The molecule has 5 nitrogen and oxygen atoms in total. The Morgan fingerprint density at radius 2 is 1.72 bits per heavy atom. The molecule has 0 unspecified atom stereocenters. The van der Waals surface area contributed by atoms with E-state index in [1.54, 1.807) is 4.90 Å². The maximum Gasteiger partial charge on any atom is 0.326 e. The van der Waals surface area contributed by atoms with Crippen molar-refractivity contribution in [2.75, 3.05) is 54.9 Å². The average Bonchev–Trinajstić information content (AvgIpc) is 3.07. The van der Waals surface area contributed by atoms with E-state index in [0.717, 1.165) is 37.4 Å². The Hall–Kier alpha value is -2.53. The predicted octanol–water partition coefficient (Wildman–Crippen LogP) is 1.62. The molecule has 2 aromatic carbocycles. The monoisotopic (exact) mass is 337 g/mol. The number of rotatable bonds is 2. The number of piperazine rings is 1. The molecule has 0 aromatic heterocycles. The van der Waals surface area contributed by atoms with Crippen molar-refractivity contribution in [3.8, 4) is 0 Å². The van der Waals surface area contributed by atoms with E-state index in [0.29, 0.717) is 0 Å². The average molecular weight is 337 g/mol. The van der Waals surface area contributed by atoms with Gasteiger partial charge < -0.3 is 15.1 Å². The molecule has 5 heteroatoms. The van der Waals surface area contributed by atoms with Crippen LogP contribution in [0.1, 0.15) is 5.56 Å². The number of carbonyl (C=O) groups is 1. The highest BCUT2D eigenvalue weighted by Crippen LogP contribution is 2.28. The van der Waals surface area contributed by atoms with Gasteiger partial charge in [-0.1, -0.05) is 18.2 Å². The smallest absolute Gasteiger partial charge is 0.326 e. The van der Waals surface area contributed by atoms with Crippen molar-refractivity contribution in [3.63, 3.8) is 0 Å². The lowest BCUT2D eigenvalue weighted by Crippen LogP contribution is -3.12. The lowest BCUT2D eigenvalue weighted by atomic mass is 10.2. The molecule has 2 heterocycles. The fourth-order valence-corrected chi connectivity index (χ4v) is 3.64. The van der Waals surface area contributed by atoms with E-state index in [-0.39, 0.29) is 6.03 Å². The summed E-state index contributed by atoms with van der Waals surface area (Å²) in [5.41, 5.74) is 4.34. The molecule has 4 rings (SSSR count). The predicted molar refractivity (Wildman–Crippen MR) is 102 cm³/mol. The summed E-state index contributed by atoms with van der Waals surface area (Å²) in [5.74, 6) is 0. The number of anilines is 3. The summed E-state index contributed by atoms with van der Waals surface area (Å²) >= 11 is 0. The first kappa shape index (κ1) is 16.0. The lowest BCUT2D eigenvalue weighted by Gasteiger charge is -2.31. The highest BCUT2D eigenvalue weighted by atomic mass is 16.2. The molecular weight excluding hydrogens is 312 g/mol. The third-order valence-corrected chi connectivity index (χ3v) is 5.23. The Kier molecular flexibility index (Phi) is 4.32. The second-order valence-corrected chi connectivity index (χ2v) is 6.95. The molecule has 1 fully saturated rings. The van der Waals surface area contributed by atoms with E-state index in [4.69, 9.17) is 0 Å². The van der Waals surface area contributed by atoms with Crippen LogP contribution in [0.25, 0.3) is 0 Å². The van der Waals surface area contributed by atoms with Crippen molar-refractivity contribution < 1.29 is 9.69 Å². The molecule has 0 radical (unpaired) electrons. The molecule has 0 aliphatic carbocycles. The van der Waals surface area contributed by atoms with Crippen molar-refractivity contribution >= 4 is 23.1 Å². The number of nitrogens with zero attached hydrogens (tertiary/aromatic N) is 2. The van der Waals surface area contributed by atoms with Crippen LogP contribution in [0, 0.1) is 0 Å². The van der Waals surface area contributed by atoms with Crippen LogP contribution in [0.3, 0.4) is 0 Å². The maximum atomic E-state index is 12.6. The maximum absolute atomic E-state index is 12.6. The number of likely N-dealkylation sites (N-methyl/N-ethyl adjacent to an activating group) is 1. The Labute approximate surface area is 148 Å². The van der Waals surface area contributed by atoms with Gasteiger partial charge in [0.2, 0.25) is 0 Å². The zero-order chi connectivity index (χ0) is 17.2. The van der Waals surface area contributed by atoms with Crippen LogP contribution < -0.4 is 20.0 Å². The molecule has 2 aromatic rings. The molecule has 130 valence electrons.